The van der Waals surface area contributed by atoms with Gasteiger partial charge in [0.2, 0.25) is 0 Å². The molecule has 3 rings (SSSR count). The lowest BCUT2D eigenvalue weighted by Gasteiger charge is -2.07. The molecule has 2 aromatic heterocycles. The molecule has 0 spiro atoms. The largest absolute Gasteiger partial charge is 0.365 e. The van der Waals surface area contributed by atoms with Gasteiger partial charge >= 0.3 is 0 Å². The van der Waals surface area contributed by atoms with Crippen molar-refractivity contribution >= 4 is 16.9 Å². The summed E-state index contributed by atoms with van der Waals surface area (Å²) in [5, 5.41) is 8.08. The third-order valence-corrected chi connectivity index (χ3v) is 3.33. The lowest BCUT2D eigenvalue weighted by Crippen LogP contribution is -2.02. The Morgan fingerprint density at radius 3 is 2.60 bits per heavy atom. The second-order valence-electron chi connectivity index (χ2n) is 4.69. The summed E-state index contributed by atoms with van der Waals surface area (Å²) in [5.74, 6) is 0.758. The van der Waals surface area contributed by atoms with Crippen LogP contribution in [0.25, 0.3) is 11.1 Å². The van der Waals surface area contributed by atoms with E-state index in [0.717, 1.165) is 23.3 Å². The van der Waals surface area contributed by atoms with E-state index >= 15 is 0 Å². The highest BCUT2D eigenvalue weighted by molar-refractivity contribution is 5.87. The fourth-order valence-electron chi connectivity index (χ4n) is 2.13. The Hall–Kier alpha value is -2.43. The molecule has 0 unspecified atom stereocenters. The summed E-state index contributed by atoms with van der Waals surface area (Å²) < 4.78 is 5.13. The minimum absolute atomic E-state index is 0.515. The first kappa shape index (κ1) is 12.6. The molecule has 0 aliphatic rings. The number of benzene rings is 1. The van der Waals surface area contributed by atoms with Crippen LogP contribution in [0.1, 0.15) is 23.7 Å². The third kappa shape index (κ3) is 2.34. The van der Waals surface area contributed by atoms with Crippen molar-refractivity contribution in [2.75, 3.05) is 5.32 Å². The van der Waals surface area contributed by atoms with Crippen LogP contribution in [0, 0.1) is 6.92 Å². The van der Waals surface area contributed by atoms with Crippen LogP contribution < -0.4 is 5.32 Å². The molecule has 20 heavy (non-hydrogen) atoms. The molecule has 5 nitrogen and oxygen atoms in total. The van der Waals surface area contributed by atoms with Gasteiger partial charge in [-0.1, -0.05) is 36.3 Å². The molecule has 0 saturated carbocycles. The molecule has 0 atom stereocenters. The van der Waals surface area contributed by atoms with E-state index in [0.29, 0.717) is 12.3 Å². The second kappa shape index (κ2) is 5.28. The van der Waals surface area contributed by atoms with Crippen LogP contribution in [0.3, 0.4) is 0 Å². The minimum atomic E-state index is 0.515. The molecule has 0 aliphatic heterocycles. The van der Waals surface area contributed by atoms with E-state index in [-0.39, 0.29) is 0 Å². The predicted octanol–water partition coefficient (Wildman–Crippen LogP) is 3.10. The Labute approximate surface area is 117 Å². The summed E-state index contributed by atoms with van der Waals surface area (Å²) in [7, 11) is 0. The SMILES string of the molecule is CCc1ccc(CNc2ncnc3onc(C)c23)cc1. The number of fused-ring (bicyclic) bond motifs is 1. The number of aryl methyl sites for hydroxylation is 2. The summed E-state index contributed by atoms with van der Waals surface area (Å²) in [6.45, 7) is 4.75. The van der Waals surface area contributed by atoms with Crippen molar-refractivity contribution in [2.24, 2.45) is 0 Å². The molecular formula is C15H16N4O. The van der Waals surface area contributed by atoms with Gasteiger partial charge in [-0.3, -0.25) is 0 Å². The minimum Gasteiger partial charge on any atom is -0.365 e. The van der Waals surface area contributed by atoms with Gasteiger partial charge in [0, 0.05) is 6.54 Å². The Balaban J connectivity index is 1.81. The van der Waals surface area contributed by atoms with E-state index < -0.39 is 0 Å². The van der Waals surface area contributed by atoms with Crippen LogP contribution >= 0.6 is 0 Å². The van der Waals surface area contributed by atoms with Gasteiger partial charge in [0.25, 0.3) is 5.71 Å². The first-order valence-electron chi connectivity index (χ1n) is 6.66. The van der Waals surface area contributed by atoms with E-state index in [1.54, 1.807) is 0 Å². The lowest BCUT2D eigenvalue weighted by molar-refractivity contribution is 0.442. The maximum atomic E-state index is 5.13. The van der Waals surface area contributed by atoms with Crippen LogP contribution in [0.5, 0.6) is 0 Å². The van der Waals surface area contributed by atoms with Crippen molar-refractivity contribution in [1.82, 2.24) is 15.1 Å². The van der Waals surface area contributed by atoms with E-state index in [9.17, 15) is 0 Å². The molecule has 2 heterocycles. The standard InChI is InChI=1S/C15H16N4O/c1-3-11-4-6-12(7-5-11)8-16-14-13-10(2)19-20-15(13)18-9-17-14/h4-7,9H,3,8H2,1-2H3,(H,16,17,18). The van der Waals surface area contributed by atoms with E-state index in [1.807, 2.05) is 6.92 Å². The number of rotatable bonds is 4. The summed E-state index contributed by atoms with van der Waals surface area (Å²) in [6, 6.07) is 8.56. The Bertz CT molecular complexity index is 718. The quantitative estimate of drug-likeness (QED) is 0.787. The van der Waals surface area contributed by atoms with E-state index in [2.05, 4.69) is 51.6 Å². The molecule has 102 valence electrons. The van der Waals surface area contributed by atoms with Crippen LogP contribution in [0.15, 0.2) is 35.1 Å². The molecule has 1 N–H and O–H groups in total. The molecule has 3 aromatic rings. The zero-order valence-corrected chi connectivity index (χ0v) is 11.6. The Morgan fingerprint density at radius 1 is 1.10 bits per heavy atom. The van der Waals surface area contributed by atoms with Crippen molar-refractivity contribution in [2.45, 2.75) is 26.8 Å². The number of aromatic nitrogens is 3. The average Bonchev–Trinajstić information content (AvgIpc) is 2.88. The summed E-state index contributed by atoms with van der Waals surface area (Å²) in [5.41, 5.74) is 3.86. The molecule has 1 aromatic carbocycles. The van der Waals surface area contributed by atoms with Gasteiger partial charge in [-0.2, -0.15) is 4.98 Å². The first-order chi connectivity index (χ1) is 9.78. The van der Waals surface area contributed by atoms with Gasteiger partial charge < -0.3 is 9.84 Å². The normalized spacial score (nSPS) is 10.9. The maximum Gasteiger partial charge on any atom is 0.263 e. The lowest BCUT2D eigenvalue weighted by atomic mass is 10.1. The number of hydrogen-bond acceptors (Lipinski definition) is 5. The van der Waals surface area contributed by atoms with Crippen LogP contribution in [0.2, 0.25) is 0 Å². The fourth-order valence-corrected chi connectivity index (χ4v) is 2.13. The summed E-state index contributed by atoms with van der Waals surface area (Å²) in [6.07, 6.45) is 2.54. The van der Waals surface area contributed by atoms with E-state index in [1.165, 1.54) is 17.5 Å². The number of nitrogens with zero attached hydrogens (tertiary/aromatic N) is 3. The zero-order valence-electron chi connectivity index (χ0n) is 11.6. The maximum absolute atomic E-state index is 5.13. The highest BCUT2D eigenvalue weighted by atomic mass is 16.5. The predicted molar refractivity (Wildman–Crippen MR) is 77.5 cm³/mol. The second-order valence-corrected chi connectivity index (χ2v) is 4.69. The van der Waals surface area contributed by atoms with Crippen molar-refractivity contribution in [1.29, 1.82) is 0 Å². The van der Waals surface area contributed by atoms with Crippen LogP contribution in [0.4, 0.5) is 5.82 Å². The topological polar surface area (TPSA) is 63.8 Å². The van der Waals surface area contributed by atoms with Gasteiger partial charge in [0.1, 0.15) is 17.5 Å². The number of anilines is 1. The molecular weight excluding hydrogens is 252 g/mol. The van der Waals surface area contributed by atoms with Gasteiger partial charge in [0.15, 0.2) is 0 Å². The molecule has 0 fully saturated rings. The van der Waals surface area contributed by atoms with Gasteiger partial charge in [-0.05, 0) is 24.5 Å². The number of hydrogen-bond donors (Lipinski definition) is 1. The zero-order chi connectivity index (χ0) is 13.9. The van der Waals surface area contributed by atoms with Gasteiger partial charge in [0.05, 0.1) is 5.69 Å². The molecule has 0 aliphatic carbocycles. The van der Waals surface area contributed by atoms with Gasteiger partial charge in [-0.15, -0.1) is 0 Å². The van der Waals surface area contributed by atoms with Crippen molar-refractivity contribution in [3.8, 4) is 0 Å². The van der Waals surface area contributed by atoms with Crippen molar-refractivity contribution < 1.29 is 4.52 Å². The third-order valence-electron chi connectivity index (χ3n) is 3.33. The molecule has 0 amide bonds. The Morgan fingerprint density at radius 2 is 1.85 bits per heavy atom. The van der Waals surface area contributed by atoms with Crippen LogP contribution in [-0.2, 0) is 13.0 Å². The van der Waals surface area contributed by atoms with E-state index in [4.69, 9.17) is 4.52 Å². The smallest absolute Gasteiger partial charge is 0.263 e. The molecule has 0 radical (unpaired) electrons. The van der Waals surface area contributed by atoms with Crippen molar-refractivity contribution in [3.63, 3.8) is 0 Å². The number of nitrogens with one attached hydrogen (secondary N) is 1. The fraction of sp³-hybridized carbons (Fsp3) is 0.267. The summed E-state index contributed by atoms with van der Waals surface area (Å²) >= 11 is 0. The molecule has 0 saturated heterocycles. The average molecular weight is 268 g/mol. The highest BCUT2D eigenvalue weighted by Gasteiger charge is 2.11. The van der Waals surface area contributed by atoms with Gasteiger partial charge in [-0.25, -0.2) is 4.98 Å². The van der Waals surface area contributed by atoms with Crippen molar-refractivity contribution in [3.05, 3.63) is 47.4 Å². The first-order valence-corrected chi connectivity index (χ1v) is 6.66. The molecule has 0 bridgehead atoms. The summed E-state index contributed by atoms with van der Waals surface area (Å²) in [4.78, 5) is 8.33. The Kier molecular flexibility index (Phi) is 3.33. The molecule has 5 heteroatoms. The van der Waals surface area contributed by atoms with Crippen LogP contribution in [-0.4, -0.2) is 15.1 Å². The monoisotopic (exact) mass is 268 g/mol. The highest BCUT2D eigenvalue weighted by Crippen LogP contribution is 2.22.